The van der Waals surface area contributed by atoms with Crippen LogP contribution in [-0.2, 0) is 0 Å². The molecule has 54 valence electrons. The molecule has 0 fully saturated rings. The third kappa shape index (κ3) is 1.10. The molecule has 0 aromatic heterocycles. The monoisotopic (exact) mass is 137 g/mol. The summed E-state index contributed by atoms with van der Waals surface area (Å²) < 4.78 is 0. The molecule has 0 bridgehead atoms. The molecule has 10 heavy (non-hydrogen) atoms. The standard InChI is InChI=1S/C8H11NO/c1-6-4-3-5-8(9-10)7(6)2/h3-5,7,10H,1-2H3. The van der Waals surface area contributed by atoms with Gasteiger partial charge in [0.15, 0.2) is 0 Å². The van der Waals surface area contributed by atoms with Crippen molar-refractivity contribution in [2.24, 2.45) is 11.1 Å². The fourth-order valence-corrected chi connectivity index (χ4v) is 0.940. The van der Waals surface area contributed by atoms with Gasteiger partial charge in [-0.05, 0) is 13.0 Å². The summed E-state index contributed by atoms with van der Waals surface area (Å²) in [6.07, 6.45) is 5.74. The Labute approximate surface area is 60.6 Å². The molecular formula is C8H11NO. The number of oxime groups is 1. The lowest BCUT2D eigenvalue weighted by atomic mass is 9.93. The highest BCUT2D eigenvalue weighted by Gasteiger charge is 2.12. The maximum absolute atomic E-state index is 8.49. The highest BCUT2D eigenvalue weighted by molar-refractivity contribution is 5.99. The third-order valence-corrected chi connectivity index (χ3v) is 1.87. The summed E-state index contributed by atoms with van der Waals surface area (Å²) in [6, 6.07) is 0. The largest absolute Gasteiger partial charge is 0.411 e. The van der Waals surface area contributed by atoms with Crippen LogP contribution in [0.15, 0.2) is 29.0 Å². The van der Waals surface area contributed by atoms with Gasteiger partial charge in [-0.1, -0.05) is 29.8 Å². The van der Waals surface area contributed by atoms with Crippen molar-refractivity contribution in [3.63, 3.8) is 0 Å². The molecule has 2 nitrogen and oxygen atoms in total. The van der Waals surface area contributed by atoms with Gasteiger partial charge in [0.1, 0.15) is 0 Å². The summed E-state index contributed by atoms with van der Waals surface area (Å²) in [5.74, 6) is 0.259. The van der Waals surface area contributed by atoms with E-state index in [9.17, 15) is 0 Å². The van der Waals surface area contributed by atoms with Gasteiger partial charge in [-0.25, -0.2) is 0 Å². The van der Waals surface area contributed by atoms with Gasteiger partial charge >= 0.3 is 0 Å². The Morgan fingerprint density at radius 2 is 2.30 bits per heavy atom. The van der Waals surface area contributed by atoms with Crippen LogP contribution < -0.4 is 0 Å². The van der Waals surface area contributed by atoms with Crippen molar-refractivity contribution >= 4 is 5.71 Å². The quantitative estimate of drug-likeness (QED) is 0.402. The zero-order chi connectivity index (χ0) is 7.56. The number of allylic oxidation sites excluding steroid dienone is 4. The predicted molar refractivity (Wildman–Crippen MR) is 41.3 cm³/mol. The fraction of sp³-hybridized carbons (Fsp3) is 0.375. The van der Waals surface area contributed by atoms with E-state index in [2.05, 4.69) is 5.16 Å². The highest BCUT2D eigenvalue weighted by atomic mass is 16.4. The highest BCUT2D eigenvalue weighted by Crippen LogP contribution is 2.16. The van der Waals surface area contributed by atoms with Gasteiger partial charge in [0.2, 0.25) is 0 Å². The van der Waals surface area contributed by atoms with Crippen LogP contribution in [-0.4, -0.2) is 10.9 Å². The lowest BCUT2D eigenvalue weighted by Gasteiger charge is -2.13. The minimum absolute atomic E-state index is 0.259. The first kappa shape index (κ1) is 7.06. The van der Waals surface area contributed by atoms with E-state index in [-0.39, 0.29) is 5.92 Å². The van der Waals surface area contributed by atoms with Crippen LogP contribution in [0.5, 0.6) is 0 Å². The first-order valence-corrected chi connectivity index (χ1v) is 3.32. The second-order valence-corrected chi connectivity index (χ2v) is 2.52. The van der Waals surface area contributed by atoms with Crippen molar-refractivity contribution < 1.29 is 5.21 Å². The van der Waals surface area contributed by atoms with E-state index >= 15 is 0 Å². The summed E-state index contributed by atoms with van der Waals surface area (Å²) in [6.45, 7) is 4.05. The maximum Gasteiger partial charge on any atom is 0.0864 e. The average molecular weight is 137 g/mol. The Morgan fingerprint density at radius 1 is 1.60 bits per heavy atom. The number of hydrogen-bond donors (Lipinski definition) is 1. The van der Waals surface area contributed by atoms with Crippen molar-refractivity contribution in [1.29, 1.82) is 0 Å². The lowest BCUT2D eigenvalue weighted by Crippen LogP contribution is -2.11. The van der Waals surface area contributed by atoms with Gasteiger partial charge in [0.05, 0.1) is 5.71 Å². The van der Waals surface area contributed by atoms with Gasteiger partial charge < -0.3 is 5.21 Å². The van der Waals surface area contributed by atoms with E-state index in [1.165, 1.54) is 5.57 Å². The minimum Gasteiger partial charge on any atom is -0.411 e. The van der Waals surface area contributed by atoms with Crippen molar-refractivity contribution in [3.8, 4) is 0 Å². The molecule has 0 aromatic carbocycles. The normalized spacial score (nSPS) is 28.8. The molecule has 0 aliphatic heterocycles. The summed E-state index contributed by atoms with van der Waals surface area (Å²) in [5.41, 5.74) is 1.97. The maximum atomic E-state index is 8.49. The van der Waals surface area contributed by atoms with Gasteiger partial charge in [-0.3, -0.25) is 0 Å². The second-order valence-electron chi connectivity index (χ2n) is 2.52. The molecule has 1 rings (SSSR count). The van der Waals surface area contributed by atoms with E-state index in [0.29, 0.717) is 0 Å². The molecule has 1 N–H and O–H groups in total. The molecule has 1 aliphatic carbocycles. The average Bonchev–Trinajstić information content (AvgIpc) is 1.95. The van der Waals surface area contributed by atoms with Crippen LogP contribution in [0.25, 0.3) is 0 Å². The van der Waals surface area contributed by atoms with Gasteiger partial charge in [0.25, 0.3) is 0 Å². The van der Waals surface area contributed by atoms with Crippen molar-refractivity contribution in [2.45, 2.75) is 13.8 Å². The Kier molecular flexibility index (Phi) is 1.90. The fourth-order valence-electron chi connectivity index (χ4n) is 0.940. The van der Waals surface area contributed by atoms with E-state index in [4.69, 9.17) is 5.21 Å². The van der Waals surface area contributed by atoms with E-state index in [0.717, 1.165) is 5.71 Å². The summed E-state index contributed by atoms with van der Waals surface area (Å²) in [5, 5.41) is 11.7. The van der Waals surface area contributed by atoms with Gasteiger partial charge in [-0.15, -0.1) is 0 Å². The van der Waals surface area contributed by atoms with Crippen molar-refractivity contribution in [3.05, 3.63) is 23.8 Å². The second kappa shape index (κ2) is 2.69. The minimum atomic E-state index is 0.259. The van der Waals surface area contributed by atoms with Crippen molar-refractivity contribution in [1.82, 2.24) is 0 Å². The first-order valence-electron chi connectivity index (χ1n) is 3.32. The summed E-state index contributed by atoms with van der Waals surface area (Å²) in [7, 11) is 0. The van der Waals surface area contributed by atoms with Crippen molar-refractivity contribution in [2.75, 3.05) is 0 Å². The molecule has 0 radical (unpaired) electrons. The van der Waals surface area contributed by atoms with Gasteiger partial charge in [-0.2, -0.15) is 0 Å². The van der Waals surface area contributed by atoms with E-state index in [1.807, 2.05) is 32.1 Å². The molecule has 2 heteroatoms. The Bertz CT molecular complexity index is 213. The smallest absolute Gasteiger partial charge is 0.0864 e. The SMILES string of the molecule is CC1=CC=CC(=NO)C1C. The van der Waals surface area contributed by atoms with E-state index in [1.54, 1.807) is 0 Å². The third-order valence-electron chi connectivity index (χ3n) is 1.87. The molecule has 1 unspecified atom stereocenters. The molecule has 0 saturated heterocycles. The summed E-state index contributed by atoms with van der Waals surface area (Å²) in [4.78, 5) is 0. The van der Waals surface area contributed by atoms with Crippen LogP contribution in [0.3, 0.4) is 0 Å². The molecule has 0 aromatic rings. The molecule has 0 heterocycles. The van der Waals surface area contributed by atoms with Crippen LogP contribution in [0.2, 0.25) is 0 Å². The first-order chi connectivity index (χ1) is 4.75. The van der Waals surface area contributed by atoms with Crippen LogP contribution in [0.4, 0.5) is 0 Å². The zero-order valence-electron chi connectivity index (χ0n) is 6.20. The van der Waals surface area contributed by atoms with Crippen LogP contribution >= 0.6 is 0 Å². The molecule has 1 aliphatic rings. The summed E-state index contributed by atoms with van der Waals surface area (Å²) >= 11 is 0. The Balaban J connectivity index is 2.89. The Hall–Kier alpha value is -1.05. The Morgan fingerprint density at radius 3 is 2.80 bits per heavy atom. The lowest BCUT2D eigenvalue weighted by molar-refractivity contribution is 0.317. The number of rotatable bonds is 0. The van der Waals surface area contributed by atoms with Gasteiger partial charge in [0, 0.05) is 5.92 Å². The van der Waals surface area contributed by atoms with Crippen LogP contribution in [0.1, 0.15) is 13.8 Å². The predicted octanol–water partition coefficient (Wildman–Crippen LogP) is 1.97. The molecule has 0 spiro atoms. The molecular weight excluding hydrogens is 126 g/mol. The number of nitrogens with zero attached hydrogens (tertiary/aromatic N) is 1. The van der Waals surface area contributed by atoms with E-state index < -0.39 is 0 Å². The molecule has 0 amide bonds. The number of hydrogen-bond acceptors (Lipinski definition) is 2. The molecule has 1 atom stereocenters. The van der Waals surface area contributed by atoms with Crippen LogP contribution in [0, 0.1) is 5.92 Å². The molecule has 0 saturated carbocycles. The topological polar surface area (TPSA) is 32.6 Å². The zero-order valence-corrected chi connectivity index (χ0v) is 6.20.